The molecule has 0 amide bonds. The minimum atomic E-state index is 0.0862. The molecule has 3 heterocycles. The molecule has 0 bridgehead atoms. The normalized spacial score (nSPS) is 23.0. The molecule has 2 aromatic rings. The van der Waals surface area contributed by atoms with E-state index in [0.717, 1.165) is 30.3 Å². The predicted octanol–water partition coefficient (Wildman–Crippen LogP) is 3.92. The zero-order valence-electron chi connectivity index (χ0n) is 16.9. The van der Waals surface area contributed by atoms with E-state index in [2.05, 4.69) is 69.2 Å². The second kappa shape index (κ2) is 8.62. The molecule has 150 valence electrons. The molecule has 1 saturated heterocycles. The highest BCUT2D eigenvalue weighted by Gasteiger charge is 2.41. The second-order valence-electron chi connectivity index (χ2n) is 8.26. The smallest absolute Gasteiger partial charge is 0.170 e. The van der Waals surface area contributed by atoms with E-state index in [0.29, 0.717) is 6.04 Å². The Bertz CT molecular complexity index is 781. The van der Waals surface area contributed by atoms with Crippen LogP contribution in [0.3, 0.4) is 0 Å². The fourth-order valence-corrected chi connectivity index (χ4v) is 5.03. The molecule has 0 unspecified atom stereocenters. The molecule has 0 aromatic carbocycles. The molecule has 28 heavy (non-hydrogen) atoms. The van der Waals surface area contributed by atoms with E-state index in [9.17, 15) is 0 Å². The summed E-state index contributed by atoms with van der Waals surface area (Å²) in [5.74, 6) is 0. The fraction of sp³-hybridized carbons (Fsp3) is 0.545. The van der Waals surface area contributed by atoms with Crippen LogP contribution in [0.2, 0.25) is 0 Å². The molecule has 2 fully saturated rings. The average Bonchev–Trinajstić information content (AvgIpc) is 3.42. The van der Waals surface area contributed by atoms with Crippen LogP contribution in [0.4, 0.5) is 0 Å². The highest BCUT2D eigenvalue weighted by Crippen LogP contribution is 2.41. The van der Waals surface area contributed by atoms with Crippen LogP contribution in [0.25, 0.3) is 0 Å². The topological polar surface area (TPSA) is 36.3 Å². The zero-order valence-corrected chi connectivity index (χ0v) is 17.7. The van der Waals surface area contributed by atoms with E-state index >= 15 is 0 Å². The summed E-state index contributed by atoms with van der Waals surface area (Å²) < 4.78 is 2.52. The minimum absolute atomic E-state index is 0.0862. The first-order valence-corrected chi connectivity index (χ1v) is 10.9. The lowest BCUT2D eigenvalue weighted by Crippen LogP contribution is -2.33. The van der Waals surface area contributed by atoms with Crippen LogP contribution < -0.4 is 5.32 Å². The van der Waals surface area contributed by atoms with Gasteiger partial charge in [-0.3, -0.25) is 4.98 Å². The molecule has 4 rings (SSSR count). The molecule has 1 aliphatic carbocycles. The largest absolute Gasteiger partial charge is 0.352 e. The third-order valence-corrected chi connectivity index (χ3v) is 6.39. The fourth-order valence-electron chi connectivity index (χ4n) is 4.70. The van der Waals surface area contributed by atoms with Gasteiger partial charge in [-0.1, -0.05) is 18.9 Å². The zero-order chi connectivity index (χ0) is 19.5. The molecule has 5 nitrogen and oxygen atoms in total. The molecular weight excluding hydrogens is 366 g/mol. The van der Waals surface area contributed by atoms with E-state index < -0.39 is 0 Å². The first-order chi connectivity index (χ1) is 13.6. The maximum Gasteiger partial charge on any atom is 0.170 e. The van der Waals surface area contributed by atoms with Gasteiger partial charge >= 0.3 is 0 Å². The van der Waals surface area contributed by atoms with Crippen molar-refractivity contribution in [2.45, 2.75) is 50.2 Å². The lowest BCUT2D eigenvalue weighted by molar-refractivity contribution is 0.278. The Labute approximate surface area is 173 Å². The van der Waals surface area contributed by atoms with Gasteiger partial charge in [0.25, 0.3) is 0 Å². The van der Waals surface area contributed by atoms with Gasteiger partial charge in [-0.25, -0.2) is 0 Å². The van der Waals surface area contributed by atoms with Crippen LogP contribution >= 0.6 is 12.2 Å². The summed E-state index contributed by atoms with van der Waals surface area (Å²) >= 11 is 5.79. The summed E-state index contributed by atoms with van der Waals surface area (Å²) in [5, 5.41) is 4.43. The van der Waals surface area contributed by atoms with E-state index in [-0.39, 0.29) is 12.1 Å². The number of thiocarbonyl (C=S) groups is 1. The number of nitrogens with one attached hydrogen (secondary N) is 1. The first-order valence-electron chi connectivity index (χ1n) is 10.4. The number of nitrogens with zero attached hydrogens (tertiary/aromatic N) is 4. The lowest BCUT2D eigenvalue weighted by atomic mass is 10.0. The van der Waals surface area contributed by atoms with Crippen molar-refractivity contribution in [3.8, 4) is 0 Å². The Morgan fingerprint density at radius 2 is 2.00 bits per heavy atom. The SMILES string of the molecule is CN(C)CCCN1C(=S)N[C@H](c2ccccn2)[C@@H]1c1cccn1C1CCCC1. The van der Waals surface area contributed by atoms with E-state index in [1.54, 1.807) is 0 Å². The van der Waals surface area contributed by atoms with Gasteiger partial charge < -0.3 is 19.7 Å². The molecule has 2 aromatic heterocycles. The standard InChI is InChI=1S/C22H31N5S/c1-25(2)14-8-16-27-21(19-12-7-15-26(19)17-9-3-4-10-17)20(24-22(27)28)18-11-5-6-13-23-18/h5-7,11-13,15,17,20-21H,3-4,8-10,14,16H2,1-2H3,(H,24,28)/t20-,21+/m1/s1. The molecular formula is C22H31N5S. The molecule has 1 N–H and O–H groups in total. The average molecular weight is 398 g/mol. The van der Waals surface area contributed by atoms with Gasteiger partial charge in [0.1, 0.15) is 0 Å². The van der Waals surface area contributed by atoms with Crippen molar-refractivity contribution >= 4 is 17.3 Å². The third kappa shape index (κ3) is 3.94. The number of hydrogen-bond acceptors (Lipinski definition) is 3. The lowest BCUT2D eigenvalue weighted by Gasteiger charge is -2.30. The van der Waals surface area contributed by atoms with Crippen LogP contribution in [0.15, 0.2) is 42.7 Å². The van der Waals surface area contributed by atoms with Gasteiger partial charge in [0.05, 0.1) is 17.8 Å². The maximum absolute atomic E-state index is 5.79. The molecule has 0 spiro atoms. The summed E-state index contributed by atoms with van der Waals surface area (Å²) in [6.45, 7) is 2.01. The van der Waals surface area contributed by atoms with Crippen molar-refractivity contribution in [2.24, 2.45) is 0 Å². The van der Waals surface area contributed by atoms with Crippen molar-refractivity contribution in [3.05, 3.63) is 54.1 Å². The van der Waals surface area contributed by atoms with Crippen LogP contribution in [-0.2, 0) is 0 Å². The molecule has 2 atom stereocenters. The van der Waals surface area contributed by atoms with Crippen molar-refractivity contribution < 1.29 is 0 Å². The Kier molecular flexibility index (Phi) is 5.97. The number of rotatable bonds is 7. The van der Waals surface area contributed by atoms with E-state index in [1.807, 2.05) is 12.3 Å². The van der Waals surface area contributed by atoms with E-state index in [4.69, 9.17) is 12.2 Å². The Morgan fingerprint density at radius 1 is 1.18 bits per heavy atom. The minimum Gasteiger partial charge on any atom is -0.352 e. The van der Waals surface area contributed by atoms with Crippen molar-refractivity contribution in [3.63, 3.8) is 0 Å². The second-order valence-corrected chi connectivity index (χ2v) is 8.64. The van der Waals surface area contributed by atoms with Crippen molar-refractivity contribution in [1.29, 1.82) is 0 Å². The molecule has 0 radical (unpaired) electrons. The Balaban J connectivity index is 1.67. The van der Waals surface area contributed by atoms with Gasteiger partial charge in [-0.2, -0.15) is 0 Å². The molecule has 2 aliphatic rings. The van der Waals surface area contributed by atoms with Gasteiger partial charge in [-0.15, -0.1) is 0 Å². The van der Waals surface area contributed by atoms with E-state index in [1.165, 1.54) is 31.4 Å². The summed E-state index contributed by atoms with van der Waals surface area (Å²) in [6.07, 6.45) is 10.5. The third-order valence-electron chi connectivity index (χ3n) is 6.04. The highest BCUT2D eigenvalue weighted by atomic mass is 32.1. The highest BCUT2D eigenvalue weighted by molar-refractivity contribution is 7.80. The van der Waals surface area contributed by atoms with Crippen molar-refractivity contribution in [1.82, 2.24) is 24.7 Å². The summed E-state index contributed by atoms with van der Waals surface area (Å²) in [4.78, 5) is 9.28. The summed E-state index contributed by atoms with van der Waals surface area (Å²) in [5.41, 5.74) is 2.42. The van der Waals surface area contributed by atoms with Crippen LogP contribution in [0.1, 0.15) is 61.6 Å². The van der Waals surface area contributed by atoms with Gasteiger partial charge in [0, 0.05) is 30.7 Å². The number of aromatic nitrogens is 2. The molecule has 6 heteroatoms. The summed E-state index contributed by atoms with van der Waals surface area (Å²) in [6, 6.07) is 11.5. The summed E-state index contributed by atoms with van der Waals surface area (Å²) in [7, 11) is 4.25. The number of pyridine rings is 1. The Morgan fingerprint density at radius 3 is 2.71 bits per heavy atom. The first kappa shape index (κ1) is 19.4. The van der Waals surface area contributed by atoms with Gasteiger partial charge in [-0.05, 0) is 76.4 Å². The maximum atomic E-state index is 5.79. The molecule has 1 saturated carbocycles. The van der Waals surface area contributed by atoms with Crippen molar-refractivity contribution in [2.75, 3.05) is 27.2 Å². The van der Waals surface area contributed by atoms with Crippen LogP contribution in [0.5, 0.6) is 0 Å². The number of hydrogen-bond donors (Lipinski definition) is 1. The van der Waals surface area contributed by atoms with Gasteiger partial charge in [0.2, 0.25) is 0 Å². The predicted molar refractivity (Wildman–Crippen MR) is 117 cm³/mol. The van der Waals surface area contributed by atoms with Crippen LogP contribution in [0, 0.1) is 0 Å². The van der Waals surface area contributed by atoms with Crippen LogP contribution in [-0.4, -0.2) is 51.6 Å². The quantitative estimate of drug-likeness (QED) is 0.717. The van der Waals surface area contributed by atoms with Gasteiger partial charge in [0.15, 0.2) is 5.11 Å². The Hall–Kier alpha value is -1.92. The monoisotopic (exact) mass is 397 g/mol. The molecule has 1 aliphatic heterocycles.